The second-order valence-electron chi connectivity index (χ2n) is 6.32. The molecule has 0 radical (unpaired) electrons. The second kappa shape index (κ2) is 9.08. The van der Waals surface area contributed by atoms with E-state index in [9.17, 15) is 9.59 Å². The highest BCUT2D eigenvalue weighted by Gasteiger charge is 2.35. The first-order valence-corrected chi connectivity index (χ1v) is 10.1. The standard InChI is InChI=1S/C19H23N5O5S/c1-5-30-19-22-18-21-10(2)15(17(26)28-4)16(24(18)23-19)11-6-7-12(13(8-11)27-3)29-9-14(20)25/h6-8,16H,5,9H2,1-4H3,(H2,20,25)(H,21,22,23)/t16-/m1/s1. The topological polar surface area (TPSA) is 131 Å². The number of primary amides is 1. The van der Waals surface area contributed by atoms with Gasteiger partial charge in [0.25, 0.3) is 5.91 Å². The molecule has 0 unspecified atom stereocenters. The van der Waals surface area contributed by atoms with Crippen molar-refractivity contribution in [2.45, 2.75) is 25.0 Å². The van der Waals surface area contributed by atoms with Gasteiger partial charge in [0.15, 0.2) is 18.1 Å². The lowest BCUT2D eigenvalue weighted by molar-refractivity contribution is -0.136. The molecule has 160 valence electrons. The van der Waals surface area contributed by atoms with Gasteiger partial charge < -0.3 is 25.3 Å². The average Bonchev–Trinajstić information content (AvgIpc) is 3.12. The lowest BCUT2D eigenvalue weighted by atomic mass is 9.95. The number of methoxy groups -OCH3 is 2. The molecule has 0 saturated heterocycles. The van der Waals surface area contributed by atoms with Crippen LogP contribution in [0, 0.1) is 0 Å². The lowest BCUT2D eigenvalue weighted by Gasteiger charge is -2.28. The number of carbonyl (C=O) groups excluding carboxylic acids is 2. The van der Waals surface area contributed by atoms with Gasteiger partial charge in [0.2, 0.25) is 11.1 Å². The van der Waals surface area contributed by atoms with Gasteiger partial charge in [-0.1, -0.05) is 24.8 Å². The molecule has 1 aliphatic rings. The molecule has 1 amide bonds. The molecule has 1 aliphatic heterocycles. The average molecular weight is 433 g/mol. The van der Waals surface area contributed by atoms with Gasteiger partial charge in [-0.05, 0) is 30.4 Å². The Morgan fingerprint density at radius 1 is 1.30 bits per heavy atom. The molecule has 0 bridgehead atoms. The number of esters is 1. The number of hydrogen-bond donors (Lipinski definition) is 2. The van der Waals surface area contributed by atoms with Crippen LogP contribution >= 0.6 is 11.8 Å². The van der Waals surface area contributed by atoms with Gasteiger partial charge in [0.1, 0.15) is 6.04 Å². The van der Waals surface area contributed by atoms with Crippen LogP contribution in [0.1, 0.15) is 25.5 Å². The molecule has 2 heterocycles. The summed E-state index contributed by atoms with van der Waals surface area (Å²) in [6.45, 7) is 3.51. The largest absolute Gasteiger partial charge is 0.493 e. The fourth-order valence-corrected chi connectivity index (χ4v) is 3.68. The first kappa shape index (κ1) is 21.5. The van der Waals surface area contributed by atoms with E-state index in [1.54, 1.807) is 29.8 Å². The minimum Gasteiger partial charge on any atom is -0.493 e. The maximum Gasteiger partial charge on any atom is 0.338 e. The maximum absolute atomic E-state index is 12.6. The van der Waals surface area contributed by atoms with E-state index in [0.717, 1.165) is 5.75 Å². The number of carbonyl (C=O) groups is 2. The van der Waals surface area contributed by atoms with Crippen molar-refractivity contribution in [3.05, 3.63) is 35.0 Å². The third-order valence-electron chi connectivity index (χ3n) is 4.39. The van der Waals surface area contributed by atoms with Gasteiger partial charge in [0, 0.05) is 5.70 Å². The molecule has 30 heavy (non-hydrogen) atoms. The Hall–Kier alpha value is -3.21. The van der Waals surface area contributed by atoms with Gasteiger partial charge >= 0.3 is 5.97 Å². The van der Waals surface area contributed by atoms with E-state index in [4.69, 9.17) is 19.9 Å². The van der Waals surface area contributed by atoms with Gasteiger partial charge in [0.05, 0.1) is 19.8 Å². The Balaban J connectivity index is 2.10. The van der Waals surface area contributed by atoms with Crippen LogP contribution in [0.3, 0.4) is 0 Å². The Kier molecular flexibility index (Phi) is 6.50. The minimum absolute atomic E-state index is 0.277. The first-order chi connectivity index (χ1) is 14.4. The summed E-state index contributed by atoms with van der Waals surface area (Å²) in [5, 5.41) is 8.29. The highest BCUT2D eigenvalue weighted by atomic mass is 32.2. The van der Waals surface area contributed by atoms with E-state index in [0.29, 0.717) is 39.4 Å². The van der Waals surface area contributed by atoms with Crippen LogP contribution in [0.25, 0.3) is 0 Å². The third kappa shape index (κ3) is 4.20. The van der Waals surface area contributed by atoms with Crippen molar-refractivity contribution in [3.8, 4) is 11.5 Å². The molecule has 1 aromatic carbocycles. The molecule has 2 aromatic rings. The van der Waals surface area contributed by atoms with Gasteiger partial charge in [-0.25, -0.2) is 9.48 Å². The number of allylic oxidation sites excluding steroid dienone is 1. The number of ether oxygens (including phenoxy) is 3. The SMILES string of the molecule is CCSc1nc2n(n1)[C@H](c1ccc(OCC(N)=O)c(OC)c1)C(C(=O)OC)=C(C)N2. The predicted molar refractivity (Wildman–Crippen MR) is 111 cm³/mol. The van der Waals surface area contributed by atoms with E-state index >= 15 is 0 Å². The number of thioether (sulfide) groups is 1. The van der Waals surface area contributed by atoms with Crippen LogP contribution in [0.15, 0.2) is 34.6 Å². The van der Waals surface area contributed by atoms with E-state index in [1.807, 2.05) is 6.92 Å². The van der Waals surface area contributed by atoms with Crippen LogP contribution < -0.4 is 20.5 Å². The number of fused-ring (bicyclic) bond motifs is 1. The normalized spacial score (nSPS) is 15.3. The molecule has 0 aliphatic carbocycles. The summed E-state index contributed by atoms with van der Waals surface area (Å²) in [5.41, 5.74) is 6.88. The fourth-order valence-electron chi connectivity index (χ4n) is 3.13. The summed E-state index contributed by atoms with van der Waals surface area (Å²) in [5.74, 6) is 0.996. The Morgan fingerprint density at radius 2 is 2.07 bits per heavy atom. The summed E-state index contributed by atoms with van der Waals surface area (Å²) in [6, 6.07) is 4.55. The Bertz CT molecular complexity index is 1000. The number of benzene rings is 1. The molecular weight excluding hydrogens is 410 g/mol. The van der Waals surface area contributed by atoms with Crippen molar-refractivity contribution in [3.63, 3.8) is 0 Å². The van der Waals surface area contributed by atoms with E-state index in [1.165, 1.54) is 26.0 Å². The molecule has 11 heteroatoms. The monoisotopic (exact) mass is 433 g/mol. The van der Waals surface area contributed by atoms with Crippen molar-refractivity contribution in [1.82, 2.24) is 14.8 Å². The van der Waals surface area contributed by atoms with Gasteiger partial charge in [-0.3, -0.25) is 4.79 Å². The van der Waals surface area contributed by atoms with Crippen molar-refractivity contribution in [2.24, 2.45) is 5.73 Å². The van der Waals surface area contributed by atoms with Crippen molar-refractivity contribution in [1.29, 1.82) is 0 Å². The first-order valence-electron chi connectivity index (χ1n) is 9.14. The third-order valence-corrected chi connectivity index (χ3v) is 5.11. The van der Waals surface area contributed by atoms with E-state index in [-0.39, 0.29) is 6.61 Å². The van der Waals surface area contributed by atoms with Gasteiger partial charge in [-0.15, -0.1) is 5.10 Å². The molecule has 0 saturated carbocycles. The maximum atomic E-state index is 12.6. The van der Waals surface area contributed by atoms with Gasteiger partial charge in [-0.2, -0.15) is 4.98 Å². The van der Waals surface area contributed by atoms with E-state index < -0.39 is 17.9 Å². The molecule has 0 fully saturated rings. The summed E-state index contributed by atoms with van der Waals surface area (Å²) in [7, 11) is 2.81. The van der Waals surface area contributed by atoms with Crippen molar-refractivity contribution < 1.29 is 23.8 Å². The summed E-state index contributed by atoms with van der Waals surface area (Å²) in [4.78, 5) is 28.2. The second-order valence-corrected chi connectivity index (χ2v) is 7.55. The van der Waals surface area contributed by atoms with Crippen LogP contribution in [-0.2, 0) is 14.3 Å². The highest BCUT2D eigenvalue weighted by Crippen LogP contribution is 2.39. The number of nitrogens with two attached hydrogens (primary N) is 1. The smallest absolute Gasteiger partial charge is 0.338 e. The van der Waals surface area contributed by atoms with Crippen LogP contribution in [-0.4, -0.2) is 53.2 Å². The number of hydrogen-bond acceptors (Lipinski definition) is 9. The quantitative estimate of drug-likeness (QED) is 0.472. The zero-order valence-electron chi connectivity index (χ0n) is 17.1. The van der Waals surface area contributed by atoms with Crippen molar-refractivity contribution >= 4 is 29.6 Å². The summed E-state index contributed by atoms with van der Waals surface area (Å²) >= 11 is 1.50. The molecule has 1 aromatic heterocycles. The zero-order chi connectivity index (χ0) is 21.8. The van der Waals surface area contributed by atoms with E-state index in [2.05, 4.69) is 15.4 Å². The molecule has 0 spiro atoms. The number of rotatable bonds is 8. The molecular formula is C19H23N5O5S. The molecule has 1 atom stereocenters. The molecule has 3 rings (SSSR count). The molecule has 3 N–H and O–H groups in total. The predicted octanol–water partition coefficient (Wildman–Crippen LogP) is 1.72. The van der Waals surface area contributed by atoms with Crippen LogP contribution in [0.2, 0.25) is 0 Å². The molecule has 10 nitrogen and oxygen atoms in total. The number of anilines is 1. The summed E-state index contributed by atoms with van der Waals surface area (Å²) < 4.78 is 17.5. The van der Waals surface area contributed by atoms with Crippen molar-refractivity contribution in [2.75, 3.05) is 31.9 Å². The zero-order valence-corrected chi connectivity index (χ0v) is 17.9. The van der Waals surface area contributed by atoms with Crippen LogP contribution in [0.5, 0.6) is 11.5 Å². The fraction of sp³-hybridized carbons (Fsp3) is 0.368. The number of nitrogens with zero attached hydrogens (tertiary/aromatic N) is 3. The Morgan fingerprint density at radius 3 is 2.70 bits per heavy atom. The minimum atomic E-state index is -0.598. The Labute approximate surface area is 177 Å². The van der Waals surface area contributed by atoms with Crippen LogP contribution in [0.4, 0.5) is 5.95 Å². The lowest BCUT2D eigenvalue weighted by Crippen LogP contribution is -2.29. The number of aromatic nitrogens is 3. The summed E-state index contributed by atoms with van der Waals surface area (Å²) in [6.07, 6.45) is 0. The number of amides is 1. The highest BCUT2D eigenvalue weighted by molar-refractivity contribution is 7.99. The number of nitrogens with one attached hydrogen (secondary N) is 1.